The second kappa shape index (κ2) is 5.79. The summed E-state index contributed by atoms with van der Waals surface area (Å²) in [4.78, 5) is 17.8. The zero-order chi connectivity index (χ0) is 14.9. The molecule has 0 bridgehead atoms. The van der Waals surface area contributed by atoms with Crippen molar-refractivity contribution in [3.8, 4) is 5.75 Å². The molecule has 2 atom stereocenters. The molecule has 0 saturated carbocycles. The zero-order valence-electron chi connectivity index (χ0n) is 12.5. The van der Waals surface area contributed by atoms with Gasteiger partial charge in [0.2, 0.25) is 0 Å². The molecule has 1 fully saturated rings. The van der Waals surface area contributed by atoms with Crippen LogP contribution in [0, 0.1) is 25.7 Å². The molecule has 1 aromatic rings. The second-order valence-corrected chi connectivity index (χ2v) is 5.66. The summed E-state index contributed by atoms with van der Waals surface area (Å²) < 4.78 is 5.41. The van der Waals surface area contributed by atoms with Gasteiger partial charge >= 0.3 is 5.97 Å². The Labute approximate surface area is 119 Å². The Morgan fingerprint density at radius 1 is 1.50 bits per heavy atom. The number of ether oxygens (including phenoxy) is 1. The molecule has 20 heavy (non-hydrogen) atoms. The van der Waals surface area contributed by atoms with Gasteiger partial charge in [0, 0.05) is 37.0 Å². The maximum atomic E-state index is 11.2. The molecule has 1 aliphatic heterocycles. The fraction of sp³-hybridized carbons (Fsp3) is 0.600. The van der Waals surface area contributed by atoms with Crippen molar-refractivity contribution in [3.05, 3.63) is 23.0 Å². The van der Waals surface area contributed by atoms with Crippen LogP contribution in [0.1, 0.15) is 23.7 Å². The van der Waals surface area contributed by atoms with Gasteiger partial charge in [0.05, 0.1) is 18.7 Å². The van der Waals surface area contributed by atoms with Crippen LogP contribution < -0.4 is 4.74 Å². The minimum atomic E-state index is -0.703. The number of aliphatic carboxylic acids is 1. The first-order chi connectivity index (χ1) is 9.43. The molecule has 0 aliphatic carbocycles. The largest absolute Gasteiger partial charge is 0.496 e. The van der Waals surface area contributed by atoms with Gasteiger partial charge in [0.15, 0.2) is 0 Å². The number of pyridine rings is 1. The summed E-state index contributed by atoms with van der Waals surface area (Å²) in [5.74, 6) is 0.0750. The summed E-state index contributed by atoms with van der Waals surface area (Å²) >= 11 is 0. The molecule has 2 heterocycles. The van der Waals surface area contributed by atoms with Crippen LogP contribution in [-0.2, 0) is 11.3 Å². The Balaban J connectivity index is 2.14. The van der Waals surface area contributed by atoms with Crippen LogP contribution in [-0.4, -0.2) is 41.2 Å². The van der Waals surface area contributed by atoms with E-state index >= 15 is 0 Å². The van der Waals surface area contributed by atoms with E-state index in [9.17, 15) is 9.90 Å². The SMILES string of the molecule is COc1c(C)cnc(CN2C[C@@H](C)[C@H](C(=O)O)C2)c1C. The van der Waals surface area contributed by atoms with E-state index in [1.54, 1.807) is 7.11 Å². The second-order valence-electron chi connectivity index (χ2n) is 5.66. The maximum absolute atomic E-state index is 11.2. The highest BCUT2D eigenvalue weighted by atomic mass is 16.5. The molecule has 110 valence electrons. The molecule has 5 heteroatoms. The van der Waals surface area contributed by atoms with Gasteiger partial charge in [-0.1, -0.05) is 6.92 Å². The average molecular weight is 278 g/mol. The third-order valence-electron chi connectivity index (χ3n) is 4.13. The molecule has 0 aromatic carbocycles. The number of nitrogens with zero attached hydrogens (tertiary/aromatic N) is 2. The molecule has 2 rings (SSSR count). The van der Waals surface area contributed by atoms with Crippen molar-refractivity contribution in [2.24, 2.45) is 11.8 Å². The Kier molecular flexibility index (Phi) is 4.28. The molecule has 0 radical (unpaired) electrons. The minimum Gasteiger partial charge on any atom is -0.496 e. The van der Waals surface area contributed by atoms with Crippen molar-refractivity contribution in [1.29, 1.82) is 0 Å². The lowest BCUT2D eigenvalue weighted by molar-refractivity contribution is -0.142. The lowest BCUT2D eigenvalue weighted by Crippen LogP contribution is -2.24. The lowest BCUT2D eigenvalue weighted by atomic mass is 9.99. The average Bonchev–Trinajstić information content (AvgIpc) is 2.75. The summed E-state index contributed by atoms with van der Waals surface area (Å²) in [7, 11) is 1.66. The molecule has 1 aromatic heterocycles. The third kappa shape index (κ3) is 2.77. The van der Waals surface area contributed by atoms with Gasteiger partial charge in [-0.05, 0) is 19.8 Å². The number of likely N-dealkylation sites (tertiary alicyclic amines) is 1. The van der Waals surface area contributed by atoms with Crippen LogP contribution in [0.4, 0.5) is 0 Å². The quantitative estimate of drug-likeness (QED) is 0.911. The molecule has 1 N–H and O–H groups in total. The van der Waals surface area contributed by atoms with Crippen molar-refractivity contribution in [3.63, 3.8) is 0 Å². The van der Waals surface area contributed by atoms with Crippen LogP contribution in [0.3, 0.4) is 0 Å². The Bertz CT molecular complexity index is 516. The summed E-state index contributed by atoms with van der Waals surface area (Å²) in [5, 5.41) is 9.18. The monoisotopic (exact) mass is 278 g/mol. The maximum Gasteiger partial charge on any atom is 0.308 e. The van der Waals surface area contributed by atoms with Gasteiger partial charge in [-0.15, -0.1) is 0 Å². The van der Waals surface area contributed by atoms with E-state index in [4.69, 9.17) is 4.74 Å². The molecular formula is C15H22N2O3. The van der Waals surface area contributed by atoms with Crippen molar-refractivity contribution in [2.75, 3.05) is 20.2 Å². The van der Waals surface area contributed by atoms with Gasteiger partial charge in [0.1, 0.15) is 5.75 Å². The van der Waals surface area contributed by atoms with Crippen LogP contribution in [0.25, 0.3) is 0 Å². The van der Waals surface area contributed by atoms with E-state index in [2.05, 4.69) is 9.88 Å². The predicted octanol–water partition coefficient (Wildman–Crippen LogP) is 1.86. The van der Waals surface area contributed by atoms with E-state index in [1.165, 1.54) is 0 Å². The predicted molar refractivity (Wildman–Crippen MR) is 75.8 cm³/mol. The topological polar surface area (TPSA) is 62.7 Å². The van der Waals surface area contributed by atoms with Crippen LogP contribution in [0.5, 0.6) is 5.75 Å². The molecule has 1 aliphatic rings. The summed E-state index contributed by atoms with van der Waals surface area (Å²) in [5.41, 5.74) is 3.02. The standard InChI is InChI=1S/C15H22N2O3/c1-9-5-16-13(11(3)14(9)20-4)8-17-6-10(2)12(7-17)15(18)19/h5,10,12H,6-8H2,1-4H3,(H,18,19)/t10-,12-/m1/s1. The Morgan fingerprint density at radius 2 is 2.20 bits per heavy atom. The molecule has 5 nitrogen and oxygen atoms in total. The number of carboxylic acid groups (broad SMARTS) is 1. The number of carboxylic acids is 1. The Hall–Kier alpha value is -1.62. The van der Waals surface area contributed by atoms with E-state index < -0.39 is 5.97 Å². The molecule has 0 spiro atoms. The number of aromatic nitrogens is 1. The van der Waals surface area contributed by atoms with Gasteiger partial charge < -0.3 is 9.84 Å². The molecular weight excluding hydrogens is 256 g/mol. The summed E-state index contributed by atoms with van der Waals surface area (Å²) in [6, 6.07) is 0. The normalized spacial score (nSPS) is 23.0. The zero-order valence-corrected chi connectivity index (χ0v) is 12.5. The fourth-order valence-electron chi connectivity index (χ4n) is 2.96. The van der Waals surface area contributed by atoms with Gasteiger partial charge in [0.25, 0.3) is 0 Å². The highest BCUT2D eigenvalue weighted by Gasteiger charge is 2.34. The number of methoxy groups -OCH3 is 1. The summed E-state index contributed by atoms with van der Waals surface area (Å²) in [6.07, 6.45) is 1.81. The smallest absolute Gasteiger partial charge is 0.308 e. The van der Waals surface area contributed by atoms with Crippen molar-refractivity contribution < 1.29 is 14.6 Å². The van der Waals surface area contributed by atoms with Crippen LogP contribution in [0.2, 0.25) is 0 Å². The van der Waals surface area contributed by atoms with Crippen molar-refractivity contribution in [1.82, 2.24) is 9.88 Å². The molecule has 1 saturated heterocycles. The highest BCUT2D eigenvalue weighted by molar-refractivity contribution is 5.71. The van der Waals surface area contributed by atoms with E-state index in [0.29, 0.717) is 13.1 Å². The number of rotatable bonds is 4. The van der Waals surface area contributed by atoms with Gasteiger partial charge in [-0.2, -0.15) is 0 Å². The first-order valence-electron chi connectivity index (χ1n) is 6.88. The fourth-order valence-corrected chi connectivity index (χ4v) is 2.96. The van der Waals surface area contributed by atoms with E-state index in [1.807, 2.05) is 27.0 Å². The number of hydrogen-bond donors (Lipinski definition) is 1. The van der Waals surface area contributed by atoms with Crippen LogP contribution >= 0.6 is 0 Å². The van der Waals surface area contributed by atoms with Crippen molar-refractivity contribution >= 4 is 5.97 Å². The highest BCUT2D eigenvalue weighted by Crippen LogP contribution is 2.28. The number of carbonyl (C=O) groups is 1. The van der Waals surface area contributed by atoms with Gasteiger partial charge in [-0.25, -0.2) is 0 Å². The van der Waals surface area contributed by atoms with E-state index in [0.717, 1.165) is 29.1 Å². The van der Waals surface area contributed by atoms with Gasteiger partial charge in [-0.3, -0.25) is 14.7 Å². The molecule has 0 amide bonds. The number of hydrogen-bond acceptors (Lipinski definition) is 4. The molecule has 0 unspecified atom stereocenters. The first-order valence-corrected chi connectivity index (χ1v) is 6.88. The van der Waals surface area contributed by atoms with Crippen molar-refractivity contribution in [2.45, 2.75) is 27.3 Å². The minimum absolute atomic E-state index is 0.181. The Morgan fingerprint density at radius 3 is 2.75 bits per heavy atom. The van der Waals surface area contributed by atoms with Crippen LogP contribution in [0.15, 0.2) is 6.20 Å². The first kappa shape index (κ1) is 14.8. The third-order valence-corrected chi connectivity index (χ3v) is 4.13. The van der Waals surface area contributed by atoms with E-state index in [-0.39, 0.29) is 11.8 Å². The number of aryl methyl sites for hydroxylation is 1. The summed E-state index contributed by atoms with van der Waals surface area (Å²) in [6.45, 7) is 8.04. The lowest BCUT2D eigenvalue weighted by Gasteiger charge is -2.18.